The molecule has 0 aliphatic heterocycles. The first kappa shape index (κ1) is 18.6. The molecular weight excluding hydrogens is 292 g/mol. The molecule has 0 saturated carbocycles. The van der Waals surface area contributed by atoms with Gasteiger partial charge in [0.15, 0.2) is 0 Å². The number of nitrogens with zero attached hydrogens (tertiary/aromatic N) is 1. The lowest BCUT2D eigenvalue weighted by molar-refractivity contribution is -0.129. The van der Waals surface area contributed by atoms with Gasteiger partial charge in [0.25, 0.3) is 0 Å². The van der Waals surface area contributed by atoms with Crippen molar-refractivity contribution in [3.8, 4) is 0 Å². The quantitative estimate of drug-likeness (QED) is 0.242. The van der Waals surface area contributed by atoms with Gasteiger partial charge in [0.1, 0.15) is 0 Å². The molecule has 0 heterocycles. The molecule has 124 valence electrons. The summed E-state index contributed by atoms with van der Waals surface area (Å²) in [5, 5.41) is 8.36. The number of benzene rings is 1. The highest BCUT2D eigenvalue weighted by Crippen LogP contribution is 2.03. The van der Waals surface area contributed by atoms with Gasteiger partial charge < -0.3 is 4.90 Å². The summed E-state index contributed by atoms with van der Waals surface area (Å²) in [7, 11) is 1.76. The molecule has 0 aliphatic carbocycles. The molecule has 0 radical (unpaired) electrons. The number of amides is 2. The topological polar surface area (TPSA) is 69.6 Å². The van der Waals surface area contributed by atoms with Crippen LogP contribution in [0, 0.1) is 0 Å². The largest absolute Gasteiger partial charge is 0.342 e. The second-order valence-electron chi connectivity index (χ2n) is 5.23. The van der Waals surface area contributed by atoms with E-state index in [2.05, 4.69) is 0 Å². The molecule has 2 N–H and O–H groups in total. The summed E-state index contributed by atoms with van der Waals surface area (Å²) in [4.78, 5) is 24.4. The van der Waals surface area contributed by atoms with Crippen LogP contribution in [0.3, 0.4) is 0 Å². The zero-order valence-electron chi connectivity index (χ0n) is 13.4. The molecule has 0 unspecified atom stereocenters. The number of nitrogens with one attached hydrogen (secondary N) is 1. The van der Waals surface area contributed by atoms with Crippen LogP contribution in [0.5, 0.6) is 0 Å². The molecule has 1 rings (SSSR count). The van der Waals surface area contributed by atoms with E-state index < -0.39 is 0 Å². The van der Waals surface area contributed by atoms with E-state index in [9.17, 15) is 9.59 Å². The number of hydrogen-bond donors (Lipinski definition) is 2. The summed E-state index contributed by atoms with van der Waals surface area (Å²) in [5.74, 6) is -0.418. The minimum Gasteiger partial charge on any atom is -0.342 e. The Morgan fingerprint density at radius 3 is 2.57 bits per heavy atom. The monoisotopic (exact) mass is 316 g/mol. The Morgan fingerprint density at radius 1 is 1.13 bits per heavy atom. The summed E-state index contributed by atoms with van der Waals surface area (Å²) in [6.07, 6.45) is 9.72. The minimum absolute atomic E-state index is 0.0455. The lowest BCUT2D eigenvalue weighted by Crippen LogP contribution is -2.25. The van der Waals surface area contributed by atoms with Crippen LogP contribution in [0.15, 0.2) is 48.6 Å². The molecule has 0 atom stereocenters. The number of carbonyl (C=O) groups excluding carboxylic acids is 2. The van der Waals surface area contributed by atoms with E-state index in [0.29, 0.717) is 19.4 Å². The molecule has 0 aliphatic rings. The van der Waals surface area contributed by atoms with E-state index in [0.717, 1.165) is 18.4 Å². The molecule has 0 spiro atoms. The molecule has 0 saturated heterocycles. The van der Waals surface area contributed by atoms with Gasteiger partial charge in [0.2, 0.25) is 11.8 Å². The molecule has 2 amide bonds. The van der Waals surface area contributed by atoms with Crippen molar-refractivity contribution in [2.75, 3.05) is 13.6 Å². The fraction of sp³-hybridized carbons (Fsp3) is 0.333. The van der Waals surface area contributed by atoms with Crippen LogP contribution < -0.4 is 5.48 Å². The lowest BCUT2D eigenvalue weighted by Gasteiger charge is -2.14. The van der Waals surface area contributed by atoms with E-state index in [4.69, 9.17) is 5.21 Å². The Morgan fingerprint density at radius 2 is 1.87 bits per heavy atom. The number of rotatable bonds is 9. The normalized spacial score (nSPS) is 11.0. The maximum absolute atomic E-state index is 11.9. The van der Waals surface area contributed by atoms with Crippen molar-refractivity contribution in [1.82, 2.24) is 10.4 Å². The number of unbranched alkanes of at least 4 members (excludes halogenated alkanes) is 2. The van der Waals surface area contributed by atoms with Crippen LogP contribution in [0.1, 0.15) is 31.2 Å². The van der Waals surface area contributed by atoms with Gasteiger partial charge in [0.05, 0.1) is 0 Å². The highest BCUT2D eigenvalue weighted by atomic mass is 16.5. The molecule has 0 fully saturated rings. The van der Waals surface area contributed by atoms with E-state index in [1.807, 2.05) is 42.5 Å². The highest BCUT2D eigenvalue weighted by molar-refractivity contribution is 5.87. The van der Waals surface area contributed by atoms with Gasteiger partial charge >= 0.3 is 0 Å². The third-order valence-corrected chi connectivity index (χ3v) is 3.34. The molecule has 0 aromatic heterocycles. The molecule has 1 aromatic carbocycles. The fourth-order valence-electron chi connectivity index (χ4n) is 1.97. The third-order valence-electron chi connectivity index (χ3n) is 3.34. The van der Waals surface area contributed by atoms with Gasteiger partial charge in [-0.1, -0.05) is 55.0 Å². The molecule has 1 aromatic rings. The van der Waals surface area contributed by atoms with E-state index in [1.54, 1.807) is 29.6 Å². The lowest BCUT2D eigenvalue weighted by atomic mass is 10.2. The smallest absolute Gasteiger partial charge is 0.246 e. The van der Waals surface area contributed by atoms with Crippen molar-refractivity contribution in [1.29, 1.82) is 0 Å². The predicted octanol–water partition coefficient (Wildman–Crippen LogP) is 2.78. The zero-order chi connectivity index (χ0) is 16.9. The van der Waals surface area contributed by atoms with E-state index in [-0.39, 0.29) is 11.8 Å². The van der Waals surface area contributed by atoms with Crippen LogP contribution in [0.4, 0.5) is 0 Å². The number of likely N-dealkylation sites (N-methyl/N-ethyl adjacent to an activating group) is 1. The van der Waals surface area contributed by atoms with Gasteiger partial charge in [-0.2, -0.15) is 0 Å². The van der Waals surface area contributed by atoms with Crippen molar-refractivity contribution in [2.45, 2.75) is 25.7 Å². The molecule has 0 bridgehead atoms. The molecule has 5 nitrogen and oxygen atoms in total. The Balaban J connectivity index is 2.21. The molecule has 5 heteroatoms. The molecular formula is C18H24N2O3. The van der Waals surface area contributed by atoms with Gasteiger partial charge in [-0.05, 0) is 18.4 Å². The maximum atomic E-state index is 11.9. The van der Waals surface area contributed by atoms with Crippen LogP contribution in [-0.4, -0.2) is 35.5 Å². The van der Waals surface area contributed by atoms with Crippen LogP contribution in [-0.2, 0) is 9.59 Å². The first-order valence-corrected chi connectivity index (χ1v) is 7.71. The summed E-state index contributed by atoms with van der Waals surface area (Å²) in [5.41, 5.74) is 2.69. The first-order chi connectivity index (χ1) is 11.1. The number of hydroxylamine groups is 1. The van der Waals surface area contributed by atoms with Gasteiger partial charge in [-0.15, -0.1) is 0 Å². The second kappa shape index (κ2) is 11.2. The summed E-state index contributed by atoms with van der Waals surface area (Å²) in [6, 6.07) is 9.88. The molecule has 23 heavy (non-hydrogen) atoms. The Labute approximate surface area is 137 Å². The SMILES string of the molecule is CN(CCCCCC(=O)NO)C(=O)/C=C/C=C/c1ccccc1. The minimum atomic E-state index is -0.373. The number of hydrogen-bond acceptors (Lipinski definition) is 3. The van der Waals surface area contributed by atoms with Crippen LogP contribution >= 0.6 is 0 Å². The Kier molecular flexibility index (Phi) is 9.09. The van der Waals surface area contributed by atoms with Crippen molar-refractivity contribution in [3.63, 3.8) is 0 Å². The van der Waals surface area contributed by atoms with E-state index in [1.165, 1.54) is 0 Å². The van der Waals surface area contributed by atoms with Crippen molar-refractivity contribution >= 4 is 17.9 Å². The van der Waals surface area contributed by atoms with Crippen molar-refractivity contribution < 1.29 is 14.8 Å². The highest BCUT2D eigenvalue weighted by Gasteiger charge is 2.04. The summed E-state index contributed by atoms with van der Waals surface area (Å²) in [6.45, 7) is 0.645. The Hall–Kier alpha value is -2.40. The van der Waals surface area contributed by atoms with Crippen molar-refractivity contribution in [3.05, 3.63) is 54.1 Å². The zero-order valence-corrected chi connectivity index (χ0v) is 13.4. The summed E-state index contributed by atoms with van der Waals surface area (Å²) >= 11 is 0. The van der Waals surface area contributed by atoms with E-state index >= 15 is 0 Å². The average Bonchev–Trinajstić information content (AvgIpc) is 2.58. The van der Waals surface area contributed by atoms with Gasteiger partial charge in [-0.25, -0.2) is 5.48 Å². The fourth-order valence-corrected chi connectivity index (χ4v) is 1.97. The van der Waals surface area contributed by atoms with Gasteiger partial charge in [-0.3, -0.25) is 14.8 Å². The van der Waals surface area contributed by atoms with Crippen molar-refractivity contribution in [2.24, 2.45) is 0 Å². The van der Waals surface area contributed by atoms with Gasteiger partial charge in [0, 0.05) is 26.1 Å². The second-order valence-corrected chi connectivity index (χ2v) is 5.23. The van der Waals surface area contributed by atoms with Crippen LogP contribution in [0.2, 0.25) is 0 Å². The Bertz CT molecular complexity index is 538. The predicted molar refractivity (Wildman–Crippen MR) is 90.7 cm³/mol. The number of allylic oxidation sites excluding steroid dienone is 2. The first-order valence-electron chi connectivity index (χ1n) is 7.71. The van der Waals surface area contributed by atoms with Crippen LogP contribution in [0.25, 0.3) is 6.08 Å². The summed E-state index contributed by atoms with van der Waals surface area (Å²) < 4.78 is 0. The number of carbonyl (C=O) groups is 2. The maximum Gasteiger partial charge on any atom is 0.246 e. The standard InChI is InChI=1S/C18H24N2O3/c1-20(15-9-3-6-13-17(21)19-23)18(22)14-8-7-12-16-10-4-2-5-11-16/h2,4-5,7-8,10-12,14,23H,3,6,9,13,15H2,1H3,(H,19,21)/b12-7+,14-8+. The average molecular weight is 316 g/mol. The third kappa shape index (κ3) is 8.58.